The van der Waals surface area contributed by atoms with Gasteiger partial charge in [0.15, 0.2) is 46.8 Å². The quantitative estimate of drug-likeness (QED) is 0.242. The molecule has 10 rings (SSSR count). The Morgan fingerprint density at radius 2 is 1.15 bits per heavy atom. The summed E-state index contributed by atoms with van der Waals surface area (Å²) in [5.41, 5.74) is 0.900. The number of carbonyl (C=O) groups is 4. The fourth-order valence-electron chi connectivity index (χ4n) is 12.4. The molecular formula is C38H42N4O8S2. The summed E-state index contributed by atoms with van der Waals surface area (Å²) in [5, 5.41) is 28.5. The average Bonchev–Trinajstić information content (AvgIpc) is 3.67. The van der Waals surface area contributed by atoms with Crippen molar-refractivity contribution >= 4 is 45.0 Å². The third-order valence-electron chi connectivity index (χ3n) is 14.3. The minimum absolute atomic E-state index is 0.00853. The summed E-state index contributed by atoms with van der Waals surface area (Å²) >= 11 is 0. The number of ether oxygens (including phenoxy) is 2. The lowest BCUT2D eigenvalue weighted by Gasteiger charge is -2.64. The van der Waals surface area contributed by atoms with Crippen LogP contribution in [-0.2, 0) is 42.8 Å². The van der Waals surface area contributed by atoms with E-state index in [-0.39, 0.29) is 71.3 Å². The number of phenolic OH excluding ortho intramolecular Hbond substituents is 2. The van der Waals surface area contributed by atoms with Crippen molar-refractivity contribution < 1.29 is 38.9 Å². The molecule has 4 fully saturated rings. The Bertz CT molecular complexity index is 1860. The first-order valence-corrected chi connectivity index (χ1v) is 20.8. The van der Waals surface area contributed by atoms with Gasteiger partial charge in [0.25, 0.3) is 0 Å². The Morgan fingerprint density at radius 1 is 0.731 bits per heavy atom. The predicted molar refractivity (Wildman–Crippen MR) is 193 cm³/mol. The van der Waals surface area contributed by atoms with Crippen molar-refractivity contribution in [2.45, 2.75) is 97.6 Å². The second-order valence-corrected chi connectivity index (χ2v) is 18.7. The van der Waals surface area contributed by atoms with Crippen LogP contribution in [0, 0.1) is 0 Å². The number of ketones is 2. The highest BCUT2D eigenvalue weighted by atomic mass is 33.1. The SMILES string of the molecule is CN1CC[C@]23c4c5ccc(O)c4O[C@H]2C(=O)CC[C@@]3(NC(=O)CSSCC(=O)N[C@@]23CCC(=O)[C@@H]4Oc6c(O)ccc7c6[C@@]42CCN(C)[C@@H]3C7)[C@H]1C5. The number of nitrogens with zero attached hydrogens (tertiary/aromatic N) is 2. The molecule has 4 heterocycles. The summed E-state index contributed by atoms with van der Waals surface area (Å²) in [7, 11) is 6.79. The lowest BCUT2D eigenvalue weighted by atomic mass is 9.47. The van der Waals surface area contributed by atoms with Gasteiger partial charge in [-0.25, -0.2) is 0 Å². The number of carbonyl (C=O) groups excluding carboxylic acids is 4. The van der Waals surface area contributed by atoms with Crippen LogP contribution in [0.25, 0.3) is 0 Å². The van der Waals surface area contributed by atoms with Crippen LogP contribution in [0.1, 0.15) is 60.8 Å². The molecule has 2 aromatic rings. The third-order valence-corrected chi connectivity index (χ3v) is 16.5. The number of hydrogen-bond donors (Lipinski definition) is 4. The Morgan fingerprint density at radius 3 is 1.58 bits per heavy atom. The van der Waals surface area contributed by atoms with Crippen LogP contribution in [0.15, 0.2) is 24.3 Å². The summed E-state index contributed by atoms with van der Waals surface area (Å²) in [4.78, 5) is 59.2. The van der Waals surface area contributed by atoms with E-state index in [9.17, 15) is 29.4 Å². The van der Waals surface area contributed by atoms with E-state index in [4.69, 9.17) is 9.47 Å². The van der Waals surface area contributed by atoms with Gasteiger partial charge in [-0.3, -0.25) is 19.2 Å². The van der Waals surface area contributed by atoms with E-state index in [0.717, 1.165) is 35.3 Å². The number of piperidine rings is 2. The molecule has 0 radical (unpaired) electrons. The fourth-order valence-corrected chi connectivity index (χ4v) is 14.1. The molecule has 0 unspecified atom stereocenters. The minimum atomic E-state index is -0.755. The van der Waals surface area contributed by atoms with Crippen LogP contribution in [-0.4, -0.2) is 117 Å². The Kier molecular flexibility index (Phi) is 7.04. The molecule has 274 valence electrons. The topological polar surface area (TPSA) is 158 Å². The Balaban J connectivity index is 0.866. The molecular weight excluding hydrogens is 705 g/mol. The highest BCUT2D eigenvalue weighted by molar-refractivity contribution is 8.77. The van der Waals surface area contributed by atoms with E-state index in [1.54, 1.807) is 12.1 Å². The van der Waals surface area contributed by atoms with Gasteiger partial charge < -0.3 is 40.1 Å². The van der Waals surface area contributed by atoms with Crippen LogP contribution in [0.2, 0.25) is 0 Å². The number of phenols is 2. The van der Waals surface area contributed by atoms with Gasteiger partial charge in [-0.1, -0.05) is 33.7 Å². The normalized spacial score (nSPS) is 37.4. The average molecular weight is 747 g/mol. The molecule has 2 amide bonds. The Labute approximate surface area is 309 Å². The summed E-state index contributed by atoms with van der Waals surface area (Å²) in [6.45, 7) is 1.50. The van der Waals surface area contributed by atoms with Crippen LogP contribution in [0.3, 0.4) is 0 Å². The molecule has 52 heavy (non-hydrogen) atoms. The molecule has 8 atom stereocenters. The third kappa shape index (κ3) is 3.89. The zero-order chi connectivity index (χ0) is 35.9. The van der Waals surface area contributed by atoms with Crippen molar-refractivity contribution in [3.8, 4) is 23.0 Å². The smallest absolute Gasteiger partial charge is 0.231 e. The number of rotatable bonds is 7. The molecule has 4 aliphatic heterocycles. The number of likely N-dealkylation sites (tertiary alicyclic amines) is 2. The number of hydrogen-bond acceptors (Lipinski definition) is 12. The van der Waals surface area contributed by atoms with Gasteiger partial charge in [0.2, 0.25) is 11.8 Å². The van der Waals surface area contributed by atoms with E-state index in [2.05, 4.69) is 34.5 Å². The molecule has 8 aliphatic rings. The maximum absolute atomic E-state index is 13.9. The number of nitrogens with one attached hydrogen (secondary N) is 2. The van der Waals surface area contributed by atoms with Gasteiger partial charge in [0.1, 0.15) is 0 Å². The summed E-state index contributed by atoms with van der Waals surface area (Å²) in [5.74, 6) is 0.753. The highest BCUT2D eigenvalue weighted by Gasteiger charge is 2.75. The molecule has 4 aliphatic carbocycles. The Hall–Kier alpha value is -3.46. The lowest BCUT2D eigenvalue weighted by molar-refractivity contribution is -0.148. The zero-order valence-corrected chi connectivity index (χ0v) is 30.8. The van der Waals surface area contributed by atoms with Crippen molar-refractivity contribution in [3.63, 3.8) is 0 Å². The van der Waals surface area contributed by atoms with Crippen LogP contribution >= 0.6 is 21.6 Å². The fraction of sp³-hybridized carbons (Fsp3) is 0.579. The number of aromatic hydroxyl groups is 2. The molecule has 2 saturated carbocycles. The van der Waals surface area contributed by atoms with E-state index >= 15 is 0 Å². The largest absolute Gasteiger partial charge is 0.504 e. The maximum atomic E-state index is 13.9. The van der Waals surface area contributed by atoms with E-state index in [1.807, 2.05) is 12.1 Å². The monoisotopic (exact) mass is 746 g/mol. The number of likely N-dealkylation sites (N-methyl/N-ethyl adjacent to an activating group) is 2. The number of amides is 2. The molecule has 12 nitrogen and oxygen atoms in total. The van der Waals surface area contributed by atoms with Gasteiger partial charge in [0.05, 0.1) is 33.4 Å². The van der Waals surface area contributed by atoms with Crippen molar-refractivity contribution in [1.82, 2.24) is 20.4 Å². The summed E-state index contributed by atoms with van der Waals surface area (Å²) in [6.07, 6.45) is 2.66. The maximum Gasteiger partial charge on any atom is 0.231 e. The van der Waals surface area contributed by atoms with Gasteiger partial charge in [-0.15, -0.1) is 0 Å². The zero-order valence-electron chi connectivity index (χ0n) is 29.2. The highest BCUT2D eigenvalue weighted by Crippen LogP contribution is 2.66. The van der Waals surface area contributed by atoms with Crippen LogP contribution in [0.4, 0.5) is 0 Å². The van der Waals surface area contributed by atoms with Gasteiger partial charge >= 0.3 is 0 Å². The van der Waals surface area contributed by atoms with Crippen molar-refractivity contribution in [3.05, 3.63) is 46.5 Å². The predicted octanol–water partition coefficient (Wildman–Crippen LogP) is 2.13. The van der Waals surface area contributed by atoms with Gasteiger partial charge in [-0.05, 0) is 89.0 Å². The second-order valence-electron chi connectivity index (χ2n) is 16.2. The van der Waals surface area contributed by atoms with Crippen molar-refractivity contribution in [2.75, 3.05) is 38.7 Å². The standard InChI is InChI=1S/C38H42N4O8S2/c1-41-13-11-35-29-19-3-5-21(43)31(29)49-33(35)23(45)7-9-37(35,25(41)15-19)39-27(47)17-51-52-18-28(48)40-38-10-8-24(46)34-36(38)12-14-42(2)26(38)16-20-4-6-22(44)32(50-34)30(20)36/h3-6,25-26,33-34,43-44H,7-18H2,1-2H3,(H,39,47)(H,40,48)/t25-,26-,33+,34+,35+,36+,37-,38-/m1/s1. The van der Waals surface area contributed by atoms with Crippen molar-refractivity contribution in [2.24, 2.45) is 0 Å². The summed E-state index contributed by atoms with van der Waals surface area (Å²) < 4.78 is 12.6. The van der Waals surface area contributed by atoms with E-state index in [0.29, 0.717) is 50.0 Å². The molecule has 4 bridgehead atoms. The van der Waals surface area contributed by atoms with Crippen molar-refractivity contribution in [1.29, 1.82) is 0 Å². The first-order chi connectivity index (χ1) is 25.0. The van der Waals surface area contributed by atoms with E-state index in [1.165, 1.54) is 21.6 Å². The molecule has 14 heteroatoms. The number of benzene rings is 2. The minimum Gasteiger partial charge on any atom is -0.504 e. The summed E-state index contributed by atoms with van der Waals surface area (Å²) in [6, 6.07) is 7.07. The molecule has 4 N–H and O–H groups in total. The molecule has 2 spiro atoms. The van der Waals surface area contributed by atoms with Gasteiger partial charge in [-0.2, -0.15) is 0 Å². The molecule has 2 aromatic carbocycles. The van der Waals surface area contributed by atoms with E-state index < -0.39 is 34.1 Å². The number of Topliss-reactive ketones (excluding diaryl/α,β-unsaturated/α-hetero) is 2. The second kappa shape index (κ2) is 11.0. The van der Waals surface area contributed by atoms with Crippen LogP contribution in [0.5, 0.6) is 23.0 Å². The van der Waals surface area contributed by atoms with Crippen LogP contribution < -0.4 is 20.1 Å². The lowest BCUT2D eigenvalue weighted by Crippen LogP contribution is -2.81. The first-order valence-electron chi connectivity index (χ1n) is 18.3. The molecule has 2 saturated heterocycles. The molecule has 0 aromatic heterocycles. The first kappa shape index (κ1) is 33.1. The van der Waals surface area contributed by atoms with Gasteiger partial charge in [0, 0.05) is 36.1 Å².